The normalized spacial score (nSPS) is 17.2. The highest BCUT2D eigenvalue weighted by Crippen LogP contribution is 2.20. The summed E-state index contributed by atoms with van der Waals surface area (Å²) in [6, 6.07) is 6.00. The summed E-state index contributed by atoms with van der Waals surface area (Å²) < 4.78 is 7.32. The average molecular weight is 347 g/mol. The van der Waals surface area contributed by atoms with Gasteiger partial charge in [0.05, 0.1) is 18.4 Å². The fourth-order valence-electron chi connectivity index (χ4n) is 2.58. The SMILES string of the molecule is Cc1ccc(C)c(NC(=O)CSc2nnnn2CC2CCCO2)c1. The second kappa shape index (κ2) is 7.76. The zero-order chi connectivity index (χ0) is 16.9. The number of nitrogens with one attached hydrogen (secondary N) is 1. The van der Waals surface area contributed by atoms with Gasteiger partial charge in [0.1, 0.15) is 0 Å². The molecule has 0 radical (unpaired) electrons. The van der Waals surface area contributed by atoms with E-state index in [1.54, 1.807) is 4.68 Å². The molecule has 1 aromatic heterocycles. The van der Waals surface area contributed by atoms with Gasteiger partial charge in [-0.1, -0.05) is 23.9 Å². The Kier molecular flexibility index (Phi) is 5.47. The number of hydrogen-bond acceptors (Lipinski definition) is 6. The Morgan fingerprint density at radius 1 is 1.46 bits per heavy atom. The molecule has 1 atom stereocenters. The molecule has 1 fully saturated rings. The molecule has 1 N–H and O–H groups in total. The third-order valence-corrected chi connectivity index (χ3v) is 4.86. The summed E-state index contributed by atoms with van der Waals surface area (Å²) in [5.74, 6) is 0.194. The van der Waals surface area contributed by atoms with Crippen LogP contribution in [0.3, 0.4) is 0 Å². The Labute approximate surface area is 145 Å². The van der Waals surface area contributed by atoms with Gasteiger partial charge in [0.15, 0.2) is 0 Å². The number of hydrogen-bond donors (Lipinski definition) is 1. The second-order valence-corrected chi connectivity index (χ2v) is 6.88. The minimum absolute atomic E-state index is 0.0691. The van der Waals surface area contributed by atoms with E-state index in [4.69, 9.17) is 4.74 Å². The van der Waals surface area contributed by atoms with Crippen molar-refractivity contribution < 1.29 is 9.53 Å². The van der Waals surface area contributed by atoms with Crippen molar-refractivity contribution in [2.45, 2.75) is 44.5 Å². The van der Waals surface area contributed by atoms with Crippen molar-refractivity contribution in [2.75, 3.05) is 17.7 Å². The number of amides is 1. The van der Waals surface area contributed by atoms with Crippen LogP contribution in [0.25, 0.3) is 0 Å². The molecule has 24 heavy (non-hydrogen) atoms. The largest absolute Gasteiger partial charge is 0.376 e. The first-order chi connectivity index (χ1) is 11.6. The van der Waals surface area contributed by atoms with E-state index in [0.29, 0.717) is 11.7 Å². The first kappa shape index (κ1) is 16.9. The van der Waals surface area contributed by atoms with E-state index in [1.165, 1.54) is 11.8 Å². The molecule has 0 spiro atoms. The van der Waals surface area contributed by atoms with Crippen LogP contribution in [-0.2, 0) is 16.1 Å². The molecule has 1 amide bonds. The number of carbonyl (C=O) groups is 1. The maximum absolute atomic E-state index is 12.2. The van der Waals surface area contributed by atoms with Gasteiger partial charge in [0, 0.05) is 12.3 Å². The fraction of sp³-hybridized carbons (Fsp3) is 0.500. The smallest absolute Gasteiger partial charge is 0.234 e. The Balaban J connectivity index is 1.54. The number of thioether (sulfide) groups is 1. The maximum atomic E-state index is 12.2. The van der Waals surface area contributed by atoms with Crippen molar-refractivity contribution in [1.29, 1.82) is 0 Å². The van der Waals surface area contributed by atoms with Crippen LogP contribution in [0.2, 0.25) is 0 Å². The van der Waals surface area contributed by atoms with Crippen LogP contribution in [-0.4, -0.2) is 44.6 Å². The predicted octanol–water partition coefficient (Wildman–Crippen LogP) is 2.20. The maximum Gasteiger partial charge on any atom is 0.234 e. The third kappa shape index (κ3) is 4.33. The van der Waals surface area contributed by atoms with Crippen molar-refractivity contribution in [1.82, 2.24) is 20.2 Å². The summed E-state index contributed by atoms with van der Waals surface area (Å²) in [6.07, 6.45) is 2.27. The highest BCUT2D eigenvalue weighted by atomic mass is 32.2. The van der Waals surface area contributed by atoms with Crippen molar-refractivity contribution in [3.8, 4) is 0 Å². The molecule has 128 valence electrons. The molecule has 0 aliphatic carbocycles. The number of anilines is 1. The van der Waals surface area contributed by atoms with Crippen LogP contribution >= 0.6 is 11.8 Å². The van der Waals surface area contributed by atoms with Crippen LogP contribution in [0.15, 0.2) is 23.4 Å². The number of aryl methyl sites for hydroxylation is 2. The molecule has 2 aromatic rings. The first-order valence-corrected chi connectivity index (χ1v) is 8.98. The van der Waals surface area contributed by atoms with Gasteiger partial charge in [-0.2, -0.15) is 0 Å². The monoisotopic (exact) mass is 347 g/mol. The molecule has 1 aliphatic rings. The molecule has 1 aliphatic heterocycles. The minimum Gasteiger partial charge on any atom is -0.376 e. The molecule has 3 rings (SSSR count). The van der Waals surface area contributed by atoms with Crippen LogP contribution in [0, 0.1) is 13.8 Å². The van der Waals surface area contributed by atoms with Crippen LogP contribution in [0.4, 0.5) is 5.69 Å². The van der Waals surface area contributed by atoms with Gasteiger partial charge in [0.2, 0.25) is 11.1 Å². The van der Waals surface area contributed by atoms with Crippen molar-refractivity contribution in [3.05, 3.63) is 29.3 Å². The number of nitrogens with zero attached hydrogens (tertiary/aromatic N) is 4. The number of benzene rings is 1. The van der Waals surface area contributed by atoms with Gasteiger partial charge in [-0.05, 0) is 54.3 Å². The molecule has 1 unspecified atom stereocenters. The van der Waals surface area contributed by atoms with E-state index in [2.05, 4.69) is 20.8 Å². The number of rotatable bonds is 6. The van der Waals surface area contributed by atoms with Crippen LogP contribution in [0.5, 0.6) is 0 Å². The second-order valence-electron chi connectivity index (χ2n) is 5.93. The van der Waals surface area contributed by atoms with Gasteiger partial charge < -0.3 is 10.1 Å². The summed E-state index contributed by atoms with van der Waals surface area (Å²) in [4.78, 5) is 12.2. The Hall–Kier alpha value is -1.93. The fourth-order valence-corrected chi connectivity index (χ4v) is 3.27. The van der Waals surface area contributed by atoms with Crippen molar-refractivity contribution >= 4 is 23.4 Å². The molecular formula is C16H21N5O2S. The lowest BCUT2D eigenvalue weighted by molar-refractivity contribution is -0.113. The average Bonchev–Trinajstić information content (AvgIpc) is 3.21. The van der Waals surface area contributed by atoms with Crippen LogP contribution < -0.4 is 5.32 Å². The quantitative estimate of drug-likeness (QED) is 0.807. The first-order valence-electron chi connectivity index (χ1n) is 7.99. The van der Waals surface area contributed by atoms with E-state index in [9.17, 15) is 4.79 Å². The summed E-state index contributed by atoms with van der Waals surface area (Å²) in [6.45, 7) is 5.41. The van der Waals surface area contributed by atoms with Crippen molar-refractivity contribution in [2.24, 2.45) is 0 Å². The number of ether oxygens (including phenoxy) is 1. The van der Waals surface area contributed by atoms with Gasteiger partial charge in [0.25, 0.3) is 0 Å². The van der Waals surface area contributed by atoms with Gasteiger partial charge in [-0.25, -0.2) is 4.68 Å². The molecule has 1 aromatic carbocycles. The standard InChI is InChI=1S/C16H21N5O2S/c1-11-5-6-12(2)14(8-11)17-15(22)10-24-16-18-19-20-21(16)9-13-4-3-7-23-13/h5-6,8,13H,3-4,7,9-10H2,1-2H3,(H,17,22). The topological polar surface area (TPSA) is 81.9 Å². The van der Waals surface area contributed by atoms with E-state index in [0.717, 1.165) is 36.3 Å². The predicted molar refractivity (Wildman–Crippen MR) is 92.1 cm³/mol. The zero-order valence-electron chi connectivity index (χ0n) is 13.9. The molecular weight excluding hydrogens is 326 g/mol. The summed E-state index contributed by atoms with van der Waals surface area (Å²) in [7, 11) is 0. The lowest BCUT2D eigenvalue weighted by atomic mass is 10.1. The summed E-state index contributed by atoms with van der Waals surface area (Å²) >= 11 is 1.33. The van der Waals surface area contributed by atoms with Gasteiger partial charge >= 0.3 is 0 Å². The number of tetrazole rings is 1. The Morgan fingerprint density at radius 2 is 2.33 bits per heavy atom. The lowest BCUT2D eigenvalue weighted by Crippen LogP contribution is -2.18. The highest BCUT2D eigenvalue weighted by Gasteiger charge is 2.19. The summed E-state index contributed by atoms with van der Waals surface area (Å²) in [5, 5.41) is 15.3. The van der Waals surface area contributed by atoms with E-state index in [-0.39, 0.29) is 17.8 Å². The minimum atomic E-state index is -0.0691. The lowest BCUT2D eigenvalue weighted by Gasteiger charge is -2.11. The molecule has 0 saturated carbocycles. The van der Waals surface area contributed by atoms with Gasteiger partial charge in [-0.15, -0.1) is 5.10 Å². The zero-order valence-corrected chi connectivity index (χ0v) is 14.7. The Bertz CT molecular complexity index is 712. The van der Waals surface area contributed by atoms with Crippen LogP contribution in [0.1, 0.15) is 24.0 Å². The molecule has 7 nitrogen and oxygen atoms in total. The van der Waals surface area contributed by atoms with E-state index < -0.39 is 0 Å². The summed E-state index contributed by atoms with van der Waals surface area (Å²) in [5.41, 5.74) is 3.01. The molecule has 1 saturated heterocycles. The molecule has 8 heteroatoms. The highest BCUT2D eigenvalue weighted by molar-refractivity contribution is 7.99. The number of aromatic nitrogens is 4. The van der Waals surface area contributed by atoms with Crippen molar-refractivity contribution in [3.63, 3.8) is 0 Å². The van der Waals surface area contributed by atoms with Gasteiger partial charge in [-0.3, -0.25) is 4.79 Å². The molecule has 2 heterocycles. The number of carbonyl (C=O) groups excluding carboxylic acids is 1. The molecule has 0 bridgehead atoms. The van der Waals surface area contributed by atoms with E-state index >= 15 is 0 Å². The third-order valence-electron chi connectivity index (χ3n) is 3.90. The Morgan fingerprint density at radius 3 is 3.12 bits per heavy atom. The van der Waals surface area contributed by atoms with E-state index in [1.807, 2.05) is 32.0 Å².